The number of hydrogen-bond donors (Lipinski definition) is 2. The molecule has 0 bridgehead atoms. The third kappa shape index (κ3) is 2.68. The highest BCUT2D eigenvalue weighted by Gasteiger charge is 2.28. The molecule has 2 aromatic rings. The largest absolute Gasteiger partial charge is 0.492 e. The lowest BCUT2D eigenvalue weighted by molar-refractivity contribution is -0.122. The molecule has 4 rings (SSSR count). The lowest BCUT2D eigenvalue weighted by Gasteiger charge is -2.30. The van der Waals surface area contributed by atoms with Crippen LogP contribution < -0.4 is 21.2 Å². The van der Waals surface area contributed by atoms with Crippen LogP contribution in [0.3, 0.4) is 0 Å². The number of nitrogens with two attached hydrogens (primary N) is 1. The number of piperidine rings is 1. The number of hydrogen-bond acceptors (Lipinski definition) is 6. The number of aromatic nitrogens is 1. The summed E-state index contributed by atoms with van der Waals surface area (Å²) in [5, 5.41) is 12.3. The lowest BCUT2D eigenvalue weighted by atomic mass is 9.97. The standard InChI is InChI=1S/C17H16N4O3S/c18-14(22)9-5-7-21(8-6-9)17-20-16(24)13(25-17)12-10-3-1-2-4-11(10)19-15(12)23/h1-4,9,24H,5-8H2,(H2,18,22). The second kappa shape index (κ2) is 5.96. The van der Waals surface area contributed by atoms with Gasteiger partial charge < -0.3 is 15.7 Å². The van der Waals surface area contributed by atoms with E-state index in [1.54, 1.807) is 6.07 Å². The Morgan fingerprint density at radius 1 is 1.28 bits per heavy atom. The Hall–Kier alpha value is -2.74. The molecule has 2 amide bonds. The summed E-state index contributed by atoms with van der Waals surface area (Å²) in [5.41, 5.74) is 5.75. The second-order valence-electron chi connectivity index (χ2n) is 6.12. The number of nitrogens with zero attached hydrogens (tertiary/aromatic N) is 3. The van der Waals surface area contributed by atoms with E-state index in [4.69, 9.17) is 5.73 Å². The second-order valence-corrected chi connectivity index (χ2v) is 7.10. The van der Waals surface area contributed by atoms with Crippen molar-refractivity contribution in [3.8, 4) is 5.88 Å². The van der Waals surface area contributed by atoms with Crippen LogP contribution in [0.4, 0.5) is 5.13 Å². The van der Waals surface area contributed by atoms with Crippen LogP contribution in [-0.2, 0) is 9.59 Å². The van der Waals surface area contributed by atoms with E-state index in [1.807, 2.05) is 23.1 Å². The summed E-state index contributed by atoms with van der Waals surface area (Å²) >= 11 is 1.27. The van der Waals surface area contributed by atoms with Gasteiger partial charge in [0.25, 0.3) is 5.91 Å². The summed E-state index contributed by atoms with van der Waals surface area (Å²) in [6.07, 6.45) is 1.33. The van der Waals surface area contributed by atoms with Gasteiger partial charge in [-0.2, -0.15) is 4.98 Å². The van der Waals surface area contributed by atoms with E-state index in [9.17, 15) is 14.7 Å². The molecular weight excluding hydrogens is 340 g/mol. The van der Waals surface area contributed by atoms with Gasteiger partial charge in [-0.1, -0.05) is 29.5 Å². The predicted octanol–water partition coefficient (Wildman–Crippen LogP) is -0.0908. The highest BCUT2D eigenvalue weighted by atomic mass is 32.1. The SMILES string of the molecule is NC(=O)C1CCN(c2nc(O)c(C3=c4ccccc4=NC3=O)s2)CC1. The van der Waals surface area contributed by atoms with Crippen LogP contribution in [0.15, 0.2) is 29.3 Å². The van der Waals surface area contributed by atoms with E-state index in [2.05, 4.69) is 9.98 Å². The quantitative estimate of drug-likeness (QED) is 0.799. The predicted molar refractivity (Wildman–Crippen MR) is 92.7 cm³/mol. The number of carbonyl (C=O) groups is 2. The van der Waals surface area contributed by atoms with Crippen molar-refractivity contribution < 1.29 is 14.7 Å². The van der Waals surface area contributed by atoms with Gasteiger partial charge in [0.15, 0.2) is 5.13 Å². The Kier molecular flexibility index (Phi) is 3.76. The summed E-state index contributed by atoms with van der Waals surface area (Å²) in [6.45, 7) is 1.29. The van der Waals surface area contributed by atoms with E-state index in [1.165, 1.54) is 11.3 Å². The van der Waals surface area contributed by atoms with Gasteiger partial charge >= 0.3 is 0 Å². The van der Waals surface area contributed by atoms with Gasteiger partial charge in [-0.05, 0) is 18.9 Å². The number of para-hydroxylation sites is 1. The van der Waals surface area contributed by atoms with Crippen LogP contribution in [0, 0.1) is 5.92 Å². The normalized spacial score (nSPS) is 17.5. The van der Waals surface area contributed by atoms with Gasteiger partial charge in [-0.3, -0.25) is 9.59 Å². The third-order valence-corrected chi connectivity index (χ3v) is 5.73. The third-order valence-electron chi connectivity index (χ3n) is 4.60. The van der Waals surface area contributed by atoms with Crippen LogP contribution in [0.2, 0.25) is 0 Å². The topological polar surface area (TPSA) is 109 Å². The summed E-state index contributed by atoms with van der Waals surface area (Å²) < 4.78 is 0. The molecule has 1 aromatic heterocycles. The van der Waals surface area contributed by atoms with Gasteiger partial charge in [0, 0.05) is 24.2 Å². The summed E-state index contributed by atoms with van der Waals surface area (Å²) in [6, 6.07) is 7.24. The highest BCUT2D eigenvalue weighted by Crippen LogP contribution is 2.37. The maximum absolute atomic E-state index is 12.3. The molecule has 0 radical (unpaired) electrons. The first kappa shape index (κ1) is 15.8. The number of carbonyl (C=O) groups excluding carboxylic acids is 2. The molecule has 0 saturated carbocycles. The number of primary amides is 1. The van der Waals surface area contributed by atoms with Crippen molar-refractivity contribution in [1.29, 1.82) is 0 Å². The molecule has 8 heteroatoms. The molecule has 3 heterocycles. The number of amides is 2. The maximum atomic E-state index is 12.3. The number of anilines is 1. The van der Waals surface area contributed by atoms with Crippen LogP contribution in [0.1, 0.15) is 17.7 Å². The first-order valence-corrected chi connectivity index (χ1v) is 8.83. The van der Waals surface area contributed by atoms with Gasteiger partial charge in [-0.15, -0.1) is 0 Å². The van der Waals surface area contributed by atoms with Crippen molar-refractivity contribution in [2.45, 2.75) is 12.8 Å². The highest BCUT2D eigenvalue weighted by molar-refractivity contribution is 7.17. The molecule has 25 heavy (non-hydrogen) atoms. The molecular formula is C17H16N4O3S. The van der Waals surface area contributed by atoms with Crippen molar-refractivity contribution in [2.75, 3.05) is 18.0 Å². The van der Waals surface area contributed by atoms with Crippen molar-refractivity contribution in [2.24, 2.45) is 16.6 Å². The molecule has 0 spiro atoms. The molecule has 0 aliphatic carbocycles. The van der Waals surface area contributed by atoms with E-state index in [-0.39, 0.29) is 23.6 Å². The van der Waals surface area contributed by atoms with Gasteiger partial charge in [0.2, 0.25) is 11.8 Å². The zero-order valence-corrected chi connectivity index (χ0v) is 14.1. The molecule has 0 atom stereocenters. The first-order chi connectivity index (χ1) is 12.0. The van der Waals surface area contributed by atoms with Crippen molar-refractivity contribution >= 4 is 33.9 Å². The van der Waals surface area contributed by atoms with Crippen molar-refractivity contribution in [3.63, 3.8) is 0 Å². The van der Waals surface area contributed by atoms with Crippen LogP contribution in [0.25, 0.3) is 5.57 Å². The Balaban J connectivity index is 1.68. The van der Waals surface area contributed by atoms with Gasteiger partial charge in [0.05, 0.1) is 10.9 Å². The zero-order valence-electron chi connectivity index (χ0n) is 13.3. The molecule has 1 fully saturated rings. The molecule has 128 valence electrons. The smallest absolute Gasteiger partial charge is 0.279 e. The fourth-order valence-corrected chi connectivity index (χ4v) is 4.30. The molecule has 0 unspecified atom stereocenters. The number of fused-ring (bicyclic) bond motifs is 1. The number of thiazole rings is 1. The van der Waals surface area contributed by atoms with Crippen LogP contribution in [0.5, 0.6) is 5.88 Å². The Bertz CT molecular complexity index is 990. The number of rotatable bonds is 3. The number of benzene rings is 1. The fourth-order valence-electron chi connectivity index (χ4n) is 3.24. The molecule has 1 saturated heterocycles. The lowest BCUT2D eigenvalue weighted by Crippen LogP contribution is -2.38. The molecule has 2 aliphatic heterocycles. The van der Waals surface area contributed by atoms with Crippen LogP contribution >= 0.6 is 11.3 Å². The van der Waals surface area contributed by atoms with E-state index in [0.717, 1.165) is 0 Å². The van der Waals surface area contributed by atoms with Gasteiger partial charge in [0.1, 0.15) is 4.88 Å². The molecule has 1 aromatic carbocycles. The van der Waals surface area contributed by atoms with E-state index in [0.29, 0.717) is 52.1 Å². The van der Waals surface area contributed by atoms with Crippen molar-refractivity contribution in [3.05, 3.63) is 39.7 Å². The summed E-state index contributed by atoms with van der Waals surface area (Å²) in [7, 11) is 0. The van der Waals surface area contributed by atoms with Crippen LogP contribution in [-0.4, -0.2) is 35.0 Å². The average Bonchev–Trinajstić information content (AvgIpc) is 3.13. The Labute approximate surface area is 147 Å². The van der Waals surface area contributed by atoms with E-state index < -0.39 is 0 Å². The zero-order chi connectivity index (χ0) is 17.6. The monoisotopic (exact) mass is 356 g/mol. The van der Waals surface area contributed by atoms with E-state index >= 15 is 0 Å². The molecule has 2 aliphatic rings. The molecule has 3 N–H and O–H groups in total. The molecule has 7 nitrogen and oxygen atoms in total. The summed E-state index contributed by atoms with van der Waals surface area (Å²) in [4.78, 5) is 34.3. The minimum absolute atomic E-state index is 0.110. The minimum atomic E-state index is -0.362. The maximum Gasteiger partial charge on any atom is 0.279 e. The van der Waals surface area contributed by atoms with Crippen molar-refractivity contribution in [1.82, 2.24) is 4.98 Å². The number of aromatic hydroxyl groups is 1. The minimum Gasteiger partial charge on any atom is -0.492 e. The Morgan fingerprint density at radius 3 is 2.72 bits per heavy atom. The first-order valence-electron chi connectivity index (χ1n) is 8.01. The van der Waals surface area contributed by atoms with Gasteiger partial charge in [-0.25, -0.2) is 4.99 Å². The Morgan fingerprint density at radius 2 is 2.00 bits per heavy atom. The average molecular weight is 356 g/mol. The summed E-state index contributed by atoms with van der Waals surface area (Å²) in [5.74, 6) is -0.903. The fraction of sp³-hybridized carbons (Fsp3) is 0.294.